The molecule has 0 radical (unpaired) electrons. The van der Waals surface area contributed by atoms with Crippen molar-refractivity contribution in [1.29, 1.82) is 0 Å². The molecular weight excluding hydrogens is 421 g/mol. The van der Waals surface area contributed by atoms with Crippen LogP contribution in [0.2, 0.25) is 0 Å². The van der Waals surface area contributed by atoms with Gasteiger partial charge in [0.1, 0.15) is 11.6 Å². The molecule has 5 rings (SSSR count). The molecule has 1 fully saturated rings. The number of aryl methyl sites for hydroxylation is 3. The molecule has 2 N–H and O–H groups in total. The Morgan fingerprint density at radius 3 is 2.61 bits per heavy atom. The molecule has 168 valence electrons. The fourth-order valence-corrected chi connectivity index (χ4v) is 4.05. The molecule has 1 aliphatic rings. The van der Waals surface area contributed by atoms with Gasteiger partial charge in [-0.3, -0.25) is 0 Å². The molecular formula is C25H24FN5O2. The van der Waals surface area contributed by atoms with Crippen molar-refractivity contribution in [3.05, 3.63) is 76.4 Å². The zero-order valence-electron chi connectivity index (χ0n) is 18.5. The van der Waals surface area contributed by atoms with Crippen LogP contribution in [0.25, 0.3) is 16.9 Å². The Morgan fingerprint density at radius 1 is 1.18 bits per heavy atom. The number of hydrogen-bond acceptors (Lipinski definition) is 5. The molecule has 0 amide bonds. The number of anilines is 1. The second kappa shape index (κ2) is 8.27. The number of carbonyl (C=O) groups is 1. The van der Waals surface area contributed by atoms with Crippen molar-refractivity contribution < 1.29 is 14.3 Å². The minimum Gasteiger partial charge on any atom is -0.478 e. The Labute approximate surface area is 190 Å². The van der Waals surface area contributed by atoms with Gasteiger partial charge in [-0.25, -0.2) is 18.9 Å². The van der Waals surface area contributed by atoms with E-state index in [1.807, 2.05) is 12.1 Å². The lowest BCUT2D eigenvalue weighted by atomic mass is 9.96. The summed E-state index contributed by atoms with van der Waals surface area (Å²) >= 11 is 0. The molecule has 0 spiro atoms. The Bertz CT molecular complexity index is 1360. The van der Waals surface area contributed by atoms with Crippen LogP contribution in [0.5, 0.6) is 0 Å². The molecule has 7 nitrogen and oxygen atoms in total. The second-order valence-electron chi connectivity index (χ2n) is 8.60. The van der Waals surface area contributed by atoms with Crippen LogP contribution >= 0.6 is 0 Å². The van der Waals surface area contributed by atoms with Crippen LogP contribution in [0.1, 0.15) is 45.5 Å². The number of halogens is 1. The Kier molecular flexibility index (Phi) is 5.28. The van der Waals surface area contributed by atoms with E-state index < -0.39 is 5.97 Å². The summed E-state index contributed by atoms with van der Waals surface area (Å²) in [5.41, 5.74) is 4.76. The highest BCUT2D eigenvalue weighted by molar-refractivity contribution is 5.90. The van der Waals surface area contributed by atoms with E-state index in [0.717, 1.165) is 24.6 Å². The number of aromatic carboxylic acids is 1. The third kappa shape index (κ3) is 4.28. The lowest BCUT2D eigenvalue weighted by molar-refractivity contribution is 0.0697. The Morgan fingerprint density at radius 2 is 1.94 bits per heavy atom. The summed E-state index contributed by atoms with van der Waals surface area (Å²) in [7, 11) is 0. The van der Waals surface area contributed by atoms with Crippen molar-refractivity contribution in [1.82, 2.24) is 19.7 Å². The van der Waals surface area contributed by atoms with Crippen LogP contribution in [0.3, 0.4) is 0 Å². The van der Waals surface area contributed by atoms with E-state index in [9.17, 15) is 9.90 Å². The SMILES string of the molecule is Cc1cccc(C)c1CCc1cc2c(NC3CC3)nc(-n3cc(C(=O)O)cn3)nc2cc1F. The van der Waals surface area contributed by atoms with Crippen molar-refractivity contribution in [2.45, 2.75) is 45.6 Å². The predicted molar refractivity (Wildman–Crippen MR) is 124 cm³/mol. The summed E-state index contributed by atoms with van der Waals surface area (Å²) in [5.74, 6) is -0.598. The van der Waals surface area contributed by atoms with Crippen LogP contribution in [-0.4, -0.2) is 36.9 Å². The summed E-state index contributed by atoms with van der Waals surface area (Å²) in [5, 5.41) is 17.4. The maximum absolute atomic E-state index is 15.1. The average molecular weight is 445 g/mol. The Hall–Kier alpha value is -3.81. The van der Waals surface area contributed by atoms with E-state index in [2.05, 4.69) is 46.4 Å². The van der Waals surface area contributed by atoms with Gasteiger partial charge >= 0.3 is 5.97 Å². The molecule has 0 aliphatic heterocycles. The fourth-order valence-electron chi connectivity index (χ4n) is 4.05. The largest absolute Gasteiger partial charge is 0.478 e. The smallest absolute Gasteiger partial charge is 0.338 e. The molecule has 2 aromatic carbocycles. The first-order valence-electron chi connectivity index (χ1n) is 11.0. The number of nitrogens with one attached hydrogen (secondary N) is 1. The van der Waals surface area contributed by atoms with Crippen LogP contribution in [-0.2, 0) is 12.8 Å². The van der Waals surface area contributed by atoms with Crippen molar-refractivity contribution in [3.63, 3.8) is 0 Å². The number of carboxylic acids is 1. The second-order valence-corrected chi connectivity index (χ2v) is 8.60. The van der Waals surface area contributed by atoms with Gasteiger partial charge in [0.25, 0.3) is 5.95 Å². The van der Waals surface area contributed by atoms with Crippen molar-refractivity contribution in [2.24, 2.45) is 0 Å². The van der Waals surface area contributed by atoms with Gasteiger partial charge < -0.3 is 10.4 Å². The molecule has 2 heterocycles. The fraction of sp³-hybridized carbons (Fsp3) is 0.280. The number of rotatable bonds is 7. The van der Waals surface area contributed by atoms with Gasteiger partial charge in [-0.05, 0) is 67.9 Å². The van der Waals surface area contributed by atoms with E-state index in [4.69, 9.17) is 0 Å². The molecule has 2 aromatic heterocycles. The van der Waals surface area contributed by atoms with Crippen molar-refractivity contribution in [3.8, 4) is 5.95 Å². The first-order valence-corrected chi connectivity index (χ1v) is 11.0. The monoisotopic (exact) mass is 445 g/mol. The van der Waals surface area contributed by atoms with E-state index in [1.54, 1.807) is 0 Å². The van der Waals surface area contributed by atoms with Crippen LogP contribution in [0.4, 0.5) is 10.2 Å². The highest BCUT2D eigenvalue weighted by atomic mass is 19.1. The van der Waals surface area contributed by atoms with E-state index >= 15 is 4.39 Å². The molecule has 0 saturated heterocycles. The Balaban J connectivity index is 1.53. The number of fused-ring (bicyclic) bond motifs is 1. The van der Waals surface area contributed by atoms with Crippen LogP contribution in [0, 0.1) is 19.7 Å². The maximum Gasteiger partial charge on any atom is 0.338 e. The van der Waals surface area contributed by atoms with Crippen LogP contribution in [0.15, 0.2) is 42.7 Å². The summed E-state index contributed by atoms with van der Waals surface area (Å²) in [4.78, 5) is 20.3. The van der Waals surface area contributed by atoms with Gasteiger partial charge in [0.05, 0.1) is 17.3 Å². The first-order chi connectivity index (χ1) is 15.9. The highest BCUT2D eigenvalue weighted by Gasteiger charge is 2.24. The minimum absolute atomic E-state index is 0.0310. The molecule has 1 saturated carbocycles. The quantitative estimate of drug-likeness (QED) is 0.431. The van der Waals surface area contributed by atoms with Gasteiger partial charge in [-0.1, -0.05) is 18.2 Å². The lowest BCUT2D eigenvalue weighted by Gasteiger charge is -2.13. The van der Waals surface area contributed by atoms with Gasteiger partial charge in [-0.15, -0.1) is 0 Å². The molecule has 33 heavy (non-hydrogen) atoms. The van der Waals surface area contributed by atoms with E-state index in [1.165, 1.54) is 39.8 Å². The summed E-state index contributed by atoms with van der Waals surface area (Å²) in [6.07, 6.45) is 6.00. The minimum atomic E-state index is -1.09. The normalized spacial score (nSPS) is 13.4. The van der Waals surface area contributed by atoms with E-state index in [-0.39, 0.29) is 17.3 Å². The highest BCUT2D eigenvalue weighted by Crippen LogP contribution is 2.30. The van der Waals surface area contributed by atoms with Gasteiger partial charge in [-0.2, -0.15) is 10.1 Å². The molecule has 4 aromatic rings. The van der Waals surface area contributed by atoms with Crippen molar-refractivity contribution >= 4 is 22.7 Å². The average Bonchev–Trinajstić information content (AvgIpc) is 3.44. The number of carboxylic acid groups (broad SMARTS) is 1. The zero-order valence-corrected chi connectivity index (χ0v) is 18.5. The summed E-state index contributed by atoms with van der Waals surface area (Å²) in [6.45, 7) is 4.16. The third-order valence-electron chi connectivity index (χ3n) is 6.09. The first kappa shape index (κ1) is 21.1. The topological polar surface area (TPSA) is 92.9 Å². The summed E-state index contributed by atoms with van der Waals surface area (Å²) < 4.78 is 16.4. The summed E-state index contributed by atoms with van der Waals surface area (Å²) in [6, 6.07) is 9.79. The maximum atomic E-state index is 15.1. The standard InChI is InChI=1S/C25H24FN5O2/c1-14-4-3-5-15(2)19(14)9-6-16-10-20-22(11-21(16)26)29-25(30-23(20)28-18-7-8-18)31-13-17(12-27-31)24(32)33/h3-5,10-13,18H,6-9H2,1-2H3,(H,32,33)(H,28,29,30). The number of nitrogens with zero attached hydrogens (tertiary/aromatic N) is 4. The zero-order chi connectivity index (χ0) is 23.1. The predicted octanol–water partition coefficient (Wildman–Crippen LogP) is 4.63. The molecule has 0 unspecified atom stereocenters. The van der Waals surface area contributed by atoms with E-state index in [0.29, 0.717) is 29.4 Å². The lowest BCUT2D eigenvalue weighted by Crippen LogP contribution is -2.10. The molecule has 1 aliphatic carbocycles. The van der Waals surface area contributed by atoms with Crippen LogP contribution < -0.4 is 5.32 Å². The molecule has 8 heteroatoms. The van der Waals surface area contributed by atoms with Gasteiger partial charge in [0.2, 0.25) is 0 Å². The molecule has 0 bridgehead atoms. The number of benzene rings is 2. The molecule has 0 atom stereocenters. The third-order valence-corrected chi connectivity index (χ3v) is 6.09. The van der Waals surface area contributed by atoms with Gasteiger partial charge in [0.15, 0.2) is 0 Å². The number of aromatic nitrogens is 4. The van der Waals surface area contributed by atoms with Gasteiger partial charge in [0, 0.05) is 23.7 Å². The van der Waals surface area contributed by atoms with Crippen molar-refractivity contribution in [2.75, 3.05) is 5.32 Å². The number of hydrogen-bond donors (Lipinski definition) is 2.